The van der Waals surface area contributed by atoms with Crippen LogP contribution in [-0.2, 0) is 22.7 Å². The number of carbonyl (C=O) groups excluding carboxylic acids is 1. The molecule has 0 saturated carbocycles. The molecule has 3 rings (SSSR count). The smallest absolute Gasteiger partial charge is 0.214 e. The van der Waals surface area contributed by atoms with E-state index in [1.165, 1.54) is 0 Å². The van der Waals surface area contributed by atoms with Crippen molar-refractivity contribution in [2.75, 3.05) is 14.2 Å². The van der Waals surface area contributed by atoms with Crippen molar-refractivity contribution in [2.24, 2.45) is 0 Å². The number of methoxy groups -OCH3 is 2. The zero-order chi connectivity index (χ0) is 17.3. The SMILES string of the molecule is COCc1cc2c(cc1COC)-c1nc(C#N)c(C#N)nc1C2=O. The Bertz CT molecular complexity index is 938. The second kappa shape index (κ2) is 6.17. The third kappa shape index (κ3) is 2.33. The van der Waals surface area contributed by atoms with E-state index in [1.807, 2.05) is 6.07 Å². The largest absolute Gasteiger partial charge is 0.380 e. The van der Waals surface area contributed by atoms with Crippen LogP contribution >= 0.6 is 0 Å². The molecule has 0 fully saturated rings. The van der Waals surface area contributed by atoms with Crippen LogP contribution in [0.5, 0.6) is 0 Å². The predicted octanol–water partition coefficient (Wildman–Crippen LogP) is 1.72. The normalized spacial score (nSPS) is 11.6. The summed E-state index contributed by atoms with van der Waals surface area (Å²) in [7, 11) is 3.15. The molecule has 2 aromatic rings. The van der Waals surface area contributed by atoms with Crippen LogP contribution in [0.15, 0.2) is 12.1 Å². The fourth-order valence-corrected chi connectivity index (χ4v) is 2.72. The molecule has 7 heteroatoms. The molecule has 1 heterocycles. The zero-order valence-electron chi connectivity index (χ0n) is 13.1. The summed E-state index contributed by atoms with van der Waals surface area (Å²) in [6, 6.07) is 7.18. The van der Waals surface area contributed by atoms with Gasteiger partial charge in [-0.3, -0.25) is 4.79 Å². The third-order valence-electron chi connectivity index (χ3n) is 3.76. The minimum atomic E-state index is -0.310. The van der Waals surface area contributed by atoms with Gasteiger partial charge < -0.3 is 9.47 Å². The Kier molecular flexibility index (Phi) is 4.05. The van der Waals surface area contributed by atoms with Crippen LogP contribution in [0.3, 0.4) is 0 Å². The molecule has 118 valence electrons. The van der Waals surface area contributed by atoms with Crippen LogP contribution in [0.4, 0.5) is 0 Å². The van der Waals surface area contributed by atoms with E-state index in [0.29, 0.717) is 30.0 Å². The van der Waals surface area contributed by atoms with E-state index < -0.39 is 0 Å². The fourth-order valence-electron chi connectivity index (χ4n) is 2.72. The van der Waals surface area contributed by atoms with Crippen LogP contribution in [0.2, 0.25) is 0 Å². The second-order valence-electron chi connectivity index (χ2n) is 5.20. The Morgan fingerprint density at radius 2 is 1.42 bits per heavy atom. The lowest BCUT2D eigenvalue weighted by Gasteiger charge is -2.11. The molecule has 24 heavy (non-hydrogen) atoms. The van der Waals surface area contributed by atoms with Crippen LogP contribution < -0.4 is 0 Å². The van der Waals surface area contributed by atoms with Crippen LogP contribution in [-0.4, -0.2) is 30.0 Å². The van der Waals surface area contributed by atoms with Gasteiger partial charge in [-0.2, -0.15) is 10.5 Å². The third-order valence-corrected chi connectivity index (χ3v) is 3.76. The first-order chi connectivity index (χ1) is 11.6. The molecular weight excluding hydrogens is 308 g/mol. The first-order valence-electron chi connectivity index (χ1n) is 7.05. The Morgan fingerprint density at radius 3 is 1.92 bits per heavy atom. The second-order valence-corrected chi connectivity index (χ2v) is 5.20. The van der Waals surface area contributed by atoms with Crippen molar-refractivity contribution in [3.63, 3.8) is 0 Å². The molecule has 0 atom stereocenters. The molecule has 0 radical (unpaired) electrons. The van der Waals surface area contributed by atoms with Gasteiger partial charge >= 0.3 is 0 Å². The highest BCUT2D eigenvalue weighted by atomic mass is 16.5. The molecule has 7 nitrogen and oxygen atoms in total. The Balaban J connectivity index is 2.25. The summed E-state index contributed by atoms with van der Waals surface area (Å²) >= 11 is 0. The summed E-state index contributed by atoms with van der Waals surface area (Å²) in [4.78, 5) is 20.8. The minimum absolute atomic E-state index is 0.0915. The van der Waals surface area contributed by atoms with Gasteiger partial charge in [0.15, 0.2) is 11.4 Å². The van der Waals surface area contributed by atoms with E-state index in [4.69, 9.17) is 20.0 Å². The molecule has 0 unspecified atom stereocenters. The topological polar surface area (TPSA) is 109 Å². The molecule has 1 aromatic carbocycles. The van der Waals surface area contributed by atoms with Gasteiger partial charge in [0.05, 0.1) is 13.2 Å². The molecule has 0 saturated heterocycles. The highest BCUT2D eigenvalue weighted by molar-refractivity contribution is 6.20. The number of nitrogens with zero attached hydrogens (tertiary/aromatic N) is 4. The summed E-state index contributed by atoms with van der Waals surface area (Å²) < 4.78 is 10.4. The molecule has 0 amide bonds. The molecule has 1 aromatic heterocycles. The molecule has 1 aliphatic rings. The predicted molar refractivity (Wildman–Crippen MR) is 81.8 cm³/mol. The van der Waals surface area contributed by atoms with Crippen LogP contribution in [0.1, 0.15) is 38.6 Å². The summed E-state index contributed by atoms with van der Waals surface area (Å²) in [6.45, 7) is 0.688. The summed E-state index contributed by atoms with van der Waals surface area (Å²) in [5, 5.41) is 18.2. The number of carbonyl (C=O) groups is 1. The van der Waals surface area contributed by atoms with Gasteiger partial charge in [-0.05, 0) is 23.3 Å². The summed E-state index contributed by atoms with van der Waals surface area (Å²) in [5.41, 5.74) is 2.91. The highest BCUT2D eigenvalue weighted by Crippen LogP contribution is 2.36. The number of hydrogen-bond acceptors (Lipinski definition) is 7. The summed E-state index contributed by atoms with van der Waals surface area (Å²) in [5.74, 6) is -0.310. The number of ether oxygens (including phenoxy) is 2. The van der Waals surface area contributed by atoms with Crippen LogP contribution in [0, 0.1) is 22.7 Å². The number of benzene rings is 1. The van der Waals surface area contributed by atoms with Crippen molar-refractivity contribution in [1.29, 1.82) is 10.5 Å². The van der Waals surface area contributed by atoms with E-state index >= 15 is 0 Å². The molecule has 0 spiro atoms. The van der Waals surface area contributed by atoms with Crippen molar-refractivity contribution in [1.82, 2.24) is 9.97 Å². The van der Waals surface area contributed by atoms with E-state index in [2.05, 4.69) is 9.97 Å². The quantitative estimate of drug-likeness (QED) is 0.720. The average Bonchev–Trinajstić information content (AvgIpc) is 2.86. The van der Waals surface area contributed by atoms with Gasteiger partial charge in [0.1, 0.15) is 23.5 Å². The Morgan fingerprint density at radius 1 is 0.917 bits per heavy atom. The van der Waals surface area contributed by atoms with Crippen molar-refractivity contribution in [3.8, 4) is 23.4 Å². The van der Waals surface area contributed by atoms with Gasteiger partial charge in [-0.25, -0.2) is 9.97 Å². The zero-order valence-corrected chi connectivity index (χ0v) is 13.1. The molecule has 1 aliphatic carbocycles. The number of aromatic nitrogens is 2. The van der Waals surface area contributed by atoms with Gasteiger partial charge in [-0.15, -0.1) is 0 Å². The van der Waals surface area contributed by atoms with E-state index in [-0.39, 0.29) is 22.9 Å². The first-order valence-corrected chi connectivity index (χ1v) is 7.05. The highest BCUT2D eigenvalue weighted by Gasteiger charge is 2.32. The fraction of sp³-hybridized carbons (Fsp3) is 0.235. The lowest BCUT2D eigenvalue weighted by molar-refractivity contribution is 0.103. The van der Waals surface area contributed by atoms with Gasteiger partial charge in [-0.1, -0.05) is 0 Å². The van der Waals surface area contributed by atoms with E-state index in [9.17, 15) is 4.79 Å². The van der Waals surface area contributed by atoms with Crippen molar-refractivity contribution >= 4 is 5.78 Å². The molecule has 0 bridgehead atoms. The Labute approximate surface area is 138 Å². The van der Waals surface area contributed by atoms with Crippen molar-refractivity contribution in [2.45, 2.75) is 13.2 Å². The molecular formula is C17H12N4O3. The maximum atomic E-state index is 12.6. The number of rotatable bonds is 4. The maximum absolute atomic E-state index is 12.6. The average molecular weight is 320 g/mol. The first kappa shape index (κ1) is 15.8. The summed E-state index contributed by atoms with van der Waals surface area (Å²) in [6.07, 6.45) is 0. The van der Waals surface area contributed by atoms with Crippen molar-refractivity contribution in [3.05, 3.63) is 45.9 Å². The number of ketones is 1. The lowest BCUT2D eigenvalue weighted by Crippen LogP contribution is -2.04. The molecule has 0 N–H and O–H groups in total. The van der Waals surface area contributed by atoms with Gasteiger partial charge in [0.25, 0.3) is 0 Å². The van der Waals surface area contributed by atoms with Gasteiger partial charge in [0, 0.05) is 25.3 Å². The molecule has 0 aliphatic heterocycles. The maximum Gasteiger partial charge on any atom is 0.214 e. The number of nitriles is 2. The van der Waals surface area contributed by atoms with Crippen LogP contribution in [0.25, 0.3) is 11.3 Å². The monoisotopic (exact) mass is 320 g/mol. The Hall–Kier alpha value is -3.13. The number of fused-ring (bicyclic) bond motifs is 3. The standard InChI is InChI=1S/C17H12N4O3/c1-23-7-9-3-11-12(4-10(9)8-24-2)17(22)16-15(11)20-13(5-18)14(6-19)21-16/h3-4H,7-8H2,1-2H3. The van der Waals surface area contributed by atoms with E-state index in [1.54, 1.807) is 32.4 Å². The minimum Gasteiger partial charge on any atom is -0.380 e. The van der Waals surface area contributed by atoms with E-state index in [0.717, 1.165) is 11.1 Å². The lowest BCUT2D eigenvalue weighted by atomic mass is 9.99. The van der Waals surface area contributed by atoms with Crippen molar-refractivity contribution < 1.29 is 14.3 Å². The van der Waals surface area contributed by atoms with Gasteiger partial charge in [0.2, 0.25) is 5.78 Å². The number of hydrogen-bond donors (Lipinski definition) is 0.